The van der Waals surface area contributed by atoms with Gasteiger partial charge in [0, 0.05) is 31.2 Å². The number of rotatable bonds is 6. The third-order valence-electron chi connectivity index (χ3n) is 4.17. The fraction of sp³-hybridized carbons (Fsp3) is 0.529. The molecule has 0 bridgehead atoms. The second-order valence-electron chi connectivity index (χ2n) is 5.98. The summed E-state index contributed by atoms with van der Waals surface area (Å²) in [5, 5.41) is 5.67. The molecule has 23 heavy (non-hydrogen) atoms. The minimum Gasteiger partial charge on any atom is -0.491 e. The fourth-order valence-corrected chi connectivity index (χ4v) is 2.82. The number of hydrogen-bond acceptors (Lipinski definition) is 4. The first-order valence-electron chi connectivity index (χ1n) is 8.13. The molecule has 2 atom stereocenters. The van der Waals surface area contributed by atoms with Gasteiger partial charge in [0.25, 0.3) is 5.91 Å². The highest BCUT2D eigenvalue weighted by atomic mass is 16.5. The van der Waals surface area contributed by atoms with Gasteiger partial charge in [-0.1, -0.05) is 0 Å². The van der Waals surface area contributed by atoms with Crippen molar-refractivity contribution in [1.82, 2.24) is 10.6 Å². The SMILES string of the molecule is O=C1CCC(CNC(=O)c2ccc(OCC3CCCO3)cc2)N1. The molecular weight excluding hydrogens is 296 g/mol. The summed E-state index contributed by atoms with van der Waals surface area (Å²) in [6, 6.07) is 7.11. The predicted octanol–water partition coefficient (Wildman–Crippen LogP) is 1.25. The third-order valence-corrected chi connectivity index (χ3v) is 4.17. The lowest BCUT2D eigenvalue weighted by Crippen LogP contribution is -2.38. The topological polar surface area (TPSA) is 76.7 Å². The standard InChI is InChI=1S/C17H22N2O4/c20-16-8-5-13(19-16)10-18-17(21)12-3-6-14(7-4-12)23-11-15-2-1-9-22-15/h3-4,6-7,13,15H,1-2,5,8-11H2,(H,18,21)(H,19,20). The highest BCUT2D eigenvalue weighted by molar-refractivity contribution is 5.94. The normalized spacial score (nSPS) is 23.6. The van der Waals surface area contributed by atoms with Crippen LogP contribution in [0.2, 0.25) is 0 Å². The molecule has 2 unspecified atom stereocenters. The van der Waals surface area contributed by atoms with Crippen LogP contribution >= 0.6 is 0 Å². The van der Waals surface area contributed by atoms with Crippen molar-refractivity contribution in [2.75, 3.05) is 19.8 Å². The molecule has 2 heterocycles. The molecule has 6 nitrogen and oxygen atoms in total. The smallest absolute Gasteiger partial charge is 0.251 e. The summed E-state index contributed by atoms with van der Waals surface area (Å²) in [7, 11) is 0. The number of ether oxygens (including phenoxy) is 2. The molecule has 1 aromatic carbocycles. The Kier molecular flexibility index (Phi) is 5.12. The van der Waals surface area contributed by atoms with E-state index in [0.29, 0.717) is 25.1 Å². The lowest BCUT2D eigenvalue weighted by Gasteiger charge is -2.13. The van der Waals surface area contributed by atoms with Crippen LogP contribution in [0.3, 0.4) is 0 Å². The van der Waals surface area contributed by atoms with E-state index in [1.54, 1.807) is 24.3 Å². The van der Waals surface area contributed by atoms with Crippen LogP contribution < -0.4 is 15.4 Å². The highest BCUT2D eigenvalue weighted by Gasteiger charge is 2.21. The molecule has 6 heteroatoms. The zero-order valence-corrected chi connectivity index (χ0v) is 13.0. The second-order valence-corrected chi connectivity index (χ2v) is 5.98. The quantitative estimate of drug-likeness (QED) is 0.828. The van der Waals surface area contributed by atoms with E-state index >= 15 is 0 Å². The molecule has 0 spiro atoms. The summed E-state index contributed by atoms with van der Waals surface area (Å²) in [5.74, 6) is 0.647. The van der Waals surface area contributed by atoms with Crippen molar-refractivity contribution in [2.24, 2.45) is 0 Å². The van der Waals surface area contributed by atoms with E-state index in [1.807, 2.05) is 0 Å². The van der Waals surface area contributed by atoms with Crippen LogP contribution in [0.1, 0.15) is 36.0 Å². The Bertz CT molecular complexity index is 552. The van der Waals surface area contributed by atoms with E-state index in [1.165, 1.54) is 0 Å². The van der Waals surface area contributed by atoms with E-state index < -0.39 is 0 Å². The van der Waals surface area contributed by atoms with Gasteiger partial charge < -0.3 is 20.1 Å². The summed E-state index contributed by atoms with van der Waals surface area (Å²) in [5.41, 5.74) is 0.582. The van der Waals surface area contributed by atoms with Crippen LogP contribution in [-0.2, 0) is 9.53 Å². The first-order valence-corrected chi connectivity index (χ1v) is 8.13. The number of benzene rings is 1. The van der Waals surface area contributed by atoms with Crippen LogP contribution in [0.25, 0.3) is 0 Å². The van der Waals surface area contributed by atoms with Gasteiger partial charge in [-0.15, -0.1) is 0 Å². The molecule has 2 fully saturated rings. The van der Waals surface area contributed by atoms with Gasteiger partial charge in [-0.25, -0.2) is 0 Å². The minimum absolute atomic E-state index is 0.0421. The maximum atomic E-state index is 12.1. The molecular formula is C17H22N2O4. The molecule has 0 saturated carbocycles. The van der Waals surface area contributed by atoms with Crippen molar-refractivity contribution in [3.8, 4) is 5.75 Å². The number of nitrogens with one attached hydrogen (secondary N) is 2. The van der Waals surface area contributed by atoms with E-state index in [-0.39, 0.29) is 24.0 Å². The monoisotopic (exact) mass is 318 g/mol. The molecule has 0 radical (unpaired) electrons. The van der Waals surface area contributed by atoms with Crippen molar-refractivity contribution >= 4 is 11.8 Å². The summed E-state index contributed by atoms with van der Waals surface area (Å²) >= 11 is 0. The van der Waals surface area contributed by atoms with E-state index in [4.69, 9.17) is 9.47 Å². The van der Waals surface area contributed by atoms with Crippen LogP contribution in [0.15, 0.2) is 24.3 Å². The van der Waals surface area contributed by atoms with Gasteiger partial charge in [0.1, 0.15) is 12.4 Å². The number of carbonyl (C=O) groups excluding carboxylic acids is 2. The van der Waals surface area contributed by atoms with Crippen LogP contribution in [0.5, 0.6) is 5.75 Å². The van der Waals surface area contributed by atoms with Crippen LogP contribution in [-0.4, -0.2) is 43.7 Å². The van der Waals surface area contributed by atoms with Gasteiger partial charge in [-0.3, -0.25) is 9.59 Å². The molecule has 2 N–H and O–H groups in total. The maximum Gasteiger partial charge on any atom is 0.251 e. The van der Waals surface area contributed by atoms with Crippen LogP contribution in [0.4, 0.5) is 0 Å². The molecule has 2 aliphatic rings. The van der Waals surface area contributed by atoms with Gasteiger partial charge in [0.2, 0.25) is 5.91 Å². The van der Waals surface area contributed by atoms with E-state index in [2.05, 4.69) is 10.6 Å². The first kappa shape index (κ1) is 15.8. The van der Waals surface area contributed by atoms with Crippen molar-refractivity contribution in [2.45, 2.75) is 37.8 Å². The molecule has 2 saturated heterocycles. The Morgan fingerprint density at radius 3 is 2.78 bits per heavy atom. The summed E-state index contributed by atoms with van der Waals surface area (Å²) < 4.78 is 11.2. The van der Waals surface area contributed by atoms with Crippen molar-refractivity contribution < 1.29 is 19.1 Å². The minimum atomic E-state index is -0.142. The lowest BCUT2D eigenvalue weighted by atomic mass is 10.2. The zero-order chi connectivity index (χ0) is 16.1. The summed E-state index contributed by atoms with van der Waals surface area (Å²) in [4.78, 5) is 23.2. The van der Waals surface area contributed by atoms with Gasteiger partial charge in [0.15, 0.2) is 0 Å². The van der Waals surface area contributed by atoms with Gasteiger partial charge in [0.05, 0.1) is 6.10 Å². The Morgan fingerprint density at radius 2 is 2.13 bits per heavy atom. The lowest BCUT2D eigenvalue weighted by molar-refractivity contribution is -0.119. The fourth-order valence-electron chi connectivity index (χ4n) is 2.82. The average Bonchev–Trinajstić information content (AvgIpc) is 3.22. The number of hydrogen-bond donors (Lipinski definition) is 2. The van der Waals surface area contributed by atoms with Gasteiger partial charge >= 0.3 is 0 Å². The molecule has 3 rings (SSSR count). The Morgan fingerprint density at radius 1 is 1.30 bits per heavy atom. The summed E-state index contributed by atoms with van der Waals surface area (Å²) in [6.07, 6.45) is 3.62. The van der Waals surface area contributed by atoms with E-state index in [9.17, 15) is 9.59 Å². The Hall–Kier alpha value is -2.08. The van der Waals surface area contributed by atoms with Gasteiger partial charge in [-0.05, 0) is 43.5 Å². The van der Waals surface area contributed by atoms with E-state index in [0.717, 1.165) is 31.6 Å². The average molecular weight is 318 g/mol. The summed E-state index contributed by atoms with van der Waals surface area (Å²) in [6.45, 7) is 1.82. The molecule has 2 aliphatic heterocycles. The first-order chi connectivity index (χ1) is 11.2. The second kappa shape index (κ2) is 7.46. The molecule has 1 aromatic rings. The Balaban J connectivity index is 1.44. The largest absolute Gasteiger partial charge is 0.491 e. The Labute approximate surface area is 135 Å². The van der Waals surface area contributed by atoms with Crippen molar-refractivity contribution in [3.63, 3.8) is 0 Å². The third kappa shape index (κ3) is 4.45. The molecule has 0 aromatic heterocycles. The van der Waals surface area contributed by atoms with Crippen molar-refractivity contribution in [3.05, 3.63) is 29.8 Å². The predicted molar refractivity (Wildman–Crippen MR) is 84.4 cm³/mol. The van der Waals surface area contributed by atoms with Crippen molar-refractivity contribution in [1.29, 1.82) is 0 Å². The number of amides is 2. The van der Waals surface area contributed by atoms with Gasteiger partial charge in [-0.2, -0.15) is 0 Å². The highest BCUT2D eigenvalue weighted by Crippen LogP contribution is 2.16. The zero-order valence-electron chi connectivity index (χ0n) is 13.0. The number of carbonyl (C=O) groups is 2. The van der Waals surface area contributed by atoms with Crippen LogP contribution in [0, 0.1) is 0 Å². The molecule has 2 amide bonds. The molecule has 0 aliphatic carbocycles. The maximum absolute atomic E-state index is 12.1. The molecule has 124 valence electrons.